The van der Waals surface area contributed by atoms with Crippen molar-refractivity contribution in [2.24, 2.45) is 12.5 Å². The predicted octanol–water partition coefficient (Wildman–Crippen LogP) is 4.11. The summed E-state index contributed by atoms with van der Waals surface area (Å²) in [5, 5.41) is 12.3. The van der Waals surface area contributed by atoms with Crippen molar-refractivity contribution in [1.82, 2.24) is 4.57 Å². The number of benzene rings is 1. The highest BCUT2D eigenvalue weighted by Gasteiger charge is 2.55. The van der Waals surface area contributed by atoms with Gasteiger partial charge in [0.15, 0.2) is 0 Å². The van der Waals surface area contributed by atoms with Crippen LogP contribution < -0.4 is 0 Å². The zero-order valence-corrected chi connectivity index (χ0v) is 12.2. The Balaban J connectivity index is 1.68. The predicted molar refractivity (Wildman–Crippen MR) is 81.6 cm³/mol. The van der Waals surface area contributed by atoms with E-state index in [0.29, 0.717) is 5.41 Å². The lowest BCUT2D eigenvalue weighted by Gasteiger charge is -2.55. The molecule has 2 heteroatoms. The quantitative estimate of drug-likeness (QED) is 0.828. The van der Waals surface area contributed by atoms with Gasteiger partial charge in [0.2, 0.25) is 0 Å². The molecule has 2 aliphatic carbocycles. The summed E-state index contributed by atoms with van der Waals surface area (Å²) in [6.45, 7) is 0. The van der Waals surface area contributed by atoms with Crippen molar-refractivity contribution >= 4 is 10.9 Å². The summed E-state index contributed by atoms with van der Waals surface area (Å²) in [5.41, 5.74) is 2.18. The Morgan fingerprint density at radius 2 is 1.75 bits per heavy atom. The lowest BCUT2D eigenvalue weighted by atomic mass is 9.53. The monoisotopic (exact) mass is 269 g/mol. The van der Waals surface area contributed by atoms with Gasteiger partial charge in [0.1, 0.15) is 5.60 Å². The number of aryl methyl sites for hydroxylation is 1. The summed E-state index contributed by atoms with van der Waals surface area (Å²) in [5.74, 6) is 0. The van der Waals surface area contributed by atoms with Crippen molar-refractivity contribution in [3.63, 3.8) is 0 Å². The van der Waals surface area contributed by atoms with Crippen LogP contribution in [0.4, 0.5) is 0 Å². The molecule has 0 amide bonds. The van der Waals surface area contributed by atoms with Crippen LogP contribution in [0.1, 0.15) is 50.6 Å². The Labute approximate surface area is 120 Å². The highest BCUT2D eigenvalue weighted by atomic mass is 16.3. The first-order valence-corrected chi connectivity index (χ1v) is 7.89. The number of hydrogen-bond acceptors (Lipinski definition) is 1. The standard InChI is InChI=1S/C18H23NO/c1-19-15-8-4-3-7-14(15)11-16(19)18(20)12-17(13-18)9-5-2-6-10-17/h3-4,7-8,11,20H,2,5-6,9-10,12-13H2,1H3. The first-order chi connectivity index (χ1) is 9.62. The summed E-state index contributed by atoms with van der Waals surface area (Å²) >= 11 is 0. The highest BCUT2D eigenvalue weighted by molar-refractivity contribution is 5.81. The average molecular weight is 269 g/mol. The SMILES string of the molecule is Cn1c(C2(O)CC3(CCCCC3)C2)cc2ccccc21. The minimum atomic E-state index is -0.592. The van der Waals surface area contributed by atoms with Crippen LogP contribution >= 0.6 is 0 Å². The van der Waals surface area contributed by atoms with E-state index in [4.69, 9.17) is 0 Å². The van der Waals surface area contributed by atoms with E-state index in [-0.39, 0.29) is 0 Å². The molecule has 0 aliphatic heterocycles. The second-order valence-electron chi connectivity index (χ2n) is 7.09. The molecule has 0 atom stereocenters. The zero-order valence-electron chi connectivity index (χ0n) is 12.2. The van der Waals surface area contributed by atoms with E-state index in [1.54, 1.807) is 0 Å². The summed E-state index contributed by atoms with van der Waals surface area (Å²) in [6, 6.07) is 10.6. The molecule has 2 aliphatic rings. The van der Waals surface area contributed by atoms with Crippen LogP contribution in [0.25, 0.3) is 10.9 Å². The number of nitrogens with zero attached hydrogens (tertiary/aromatic N) is 1. The van der Waals surface area contributed by atoms with Crippen LogP contribution in [0.15, 0.2) is 30.3 Å². The second kappa shape index (κ2) is 4.11. The first kappa shape index (κ1) is 12.5. The van der Waals surface area contributed by atoms with Gasteiger partial charge in [-0.1, -0.05) is 37.5 Å². The maximum Gasteiger partial charge on any atom is 0.106 e. The lowest BCUT2D eigenvalue weighted by Crippen LogP contribution is -2.51. The van der Waals surface area contributed by atoms with Gasteiger partial charge >= 0.3 is 0 Å². The number of rotatable bonds is 1. The van der Waals surface area contributed by atoms with E-state index in [2.05, 4.69) is 41.9 Å². The van der Waals surface area contributed by atoms with Crippen LogP contribution in [0.2, 0.25) is 0 Å². The summed E-state index contributed by atoms with van der Waals surface area (Å²) in [4.78, 5) is 0. The van der Waals surface area contributed by atoms with E-state index in [0.717, 1.165) is 18.5 Å². The van der Waals surface area contributed by atoms with Gasteiger partial charge in [-0.2, -0.15) is 0 Å². The Hall–Kier alpha value is -1.28. The minimum Gasteiger partial charge on any atom is -0.384 e. The molecule has 20 heavy (non-hydrogen) atoms. The van der Waals surface area contributed by atoms with Crippen molar-refractivity contribution in [2.75, 3.05) is 0 Å². The normalized spacial score (nSPS) is 23.9. The van der Waals surface area contributed by atoms with Gasteiger partial charge in [-0.25, -0.2) is 0 Å². The molecule has 0 bridgehead atoms. The molecule has 1 aromatic heterocycles. The molecule has 2 aromatic rings. The molecule has 2 nitrogen and oxygen atoms in total. The van der Waals surface area contributed by atoms with Gasteiger partial charge in [-0.15, -0.1) is 0 Å². The smallest absolute Gasteiger partial charge is 0.106 e. The molecule has 1 aromatic carbocycles. The Morgan fingerprint density at radius 1 is 1.05 bits per heavy atom. The molecule has 106 valence electrons. The summed E-state index contributed by atoms with van der Waals surface area (Å²) < 4.78 is 2.19. The molecule has 1 spiro atoms. The fourth-order valence-electron chi connectivity index (χ4n) is 4.76. The Bertz CT molecular complexity index is 640. The van der Waals surface area contributed by atoms with E-state index in [1.165, 1.54) is 43.0 Å². The van der Waals surface area contributed by atoms with Gasteiger partial charge in [0.25, 0.3) is 0 Å². The van der Waals surface area contributed by atoms with E-state index >= 15 is 0 Å². The van der Waals surface area contributed by atoms with E-state index in [9.17, 15) is 5.11 Å². The second-order valence-corrected chi connectivity index (χ2v) is 7.09. The summed E-state index contributed by atoms with van der Waals surface area (Å²) in [6.07, 6.45) is 8.65. The van der Waals surface area contributed by atoms with Gasteiger partial charge in [-0.3, -0.25) is 0 Å². The van der Waals surface area contributed by atoms with Crippen LogP contribution in [-0.2, 0) is 12.6 Å². The Morgan fingerprint density at radius 3 is 2.45 bits per heavy atom. The van der Waals surface area contributed by atoms with Crippen LogP contribution in [-0.4, -0.2) is 9.67 Å². The molecule has 1 heterocycles. The number of para-hydroxylation sites is 1. The van der Waals surface area contributed by atoms with Crippen molar-refractivity contribution < 1.29 is 5.11 Å². The molecular weight excluding hydrogens is 246 g/mol. The topological polar surface area (TPSA) is 25.2 Å². The third kappa shape index (κ3) is 1.67. The first-order valence-electron chi connectivity index (χ1n) is 7.89. The fraction of sp³-hybridized carbons (Fsp3) is 0.556. The van der Waals surface area contributed by atoms with Crippen molar-refractivity contribution in [3.05, 3.63) is 36.0 Å². The van der Waals surface area contributed by atoms with Gasteiger partial charge in [0, 0.05) is 12.6 Å². The van der Waals surface area contributed by atoms with Crippen molar-refractivity contribution in [3.8, 4) is 0 Å². The minimum absolute atomic E-state index is 0.448. The summed E-state index contributed by atoms with van der Waals surface area (Å²) in [7, 11) is 2.08. The van der Waals surface area contributed by atoms with Gasteiger partial charge < -0.3 is 9.67 Å². The Kier molecular flexibility index (Phi) is 2.56. The number of fused-ring (bicyclic) bond motifs is 1. The maximum atomic E-state index is 11.1. The largest absolute Gasteiger partial charge is 0.384 e. The van der Waals surface area contributed by atoms with Gasteiger partial charge in [-0.05, 0) is 48.6 Å². The average Bonchev–Trinajstić information content (AvgIpc) is 2.77. The maximum absolute atomic E-state index is 11.1. The number of hydrogen-bond donors (Lipinski definition) is 1. The molecule has 0 saturated heterocycles. The molecule has 0 radical (unpaired) electrons. The number of aliphatic hydroxyl groups is 1. The highest BCUT2D eigenvalue weighted by Crippen LogP contribution is 2.60. The van der Waals surface area contributed by atoms with Crippen molar-refractivity contribution in [1.29, 1.82) is 0 Å². The van der Waals surface area contributed by atoms with E-state index < -0.39 is 5.60 Å². The third-order valence-corrected chi connectivity index (χ3v) is 5.68. The molecule has 1 N–H and O–H groups in total. The molecular formula is C18H23NO. The molecule has 0 unspecified atom stereocenters. The van der Waals surface area contributed by atoms with Crippen LogP contribution in [0.3, 0.4) is 0 Å². The zero-order chi connectivity index (χ0) is 13.8. The molecule has 2 fully saturated rings. The van der Waals surface area contributed by atoms with E-state index in [1.807, 2.05) is 0 Å². The van der Waals surface area contributed by atoms with Crippen molar-refractivity contribution in [2.45, 2.75) is 50.5 Å². The van der Waals surface area contributed by atoms with Crippen LogP contribution in [0, 0.1) is 5.41 Å². The van der Waals surface area contributed by atoms with Gasteiger partial charge in [0.05, 0.1) is 5.69 Å². The lowest BCUT2D eigenvalue weighted by molar-refractivity contribution is -0.152. The number of aromatic nitrogens is 1. The molecule has 2 saturated carbocycles. The third-order valence-electron chi connectivity index (χ3n) is 5.68. The fourth-order valence-corrected chi connectivity index (χ4v) is 4.76. The van der Waals surface area contributed by atoms with Crippen LogP contribution in [0.5, 0.6) is 0 Å². The molecule has 4 rings (SSSR count).